The van der Waals surface area contributed by atoms with Gasteiger partial charge in [0.1, 0.15) is 11.6 Å². The smallest absolute Gasteiger partial charge is 0.228 e. The van der Waals surface area contributed by atoms with Crippen LogP contribution in [0.5, 0.6) is 5.75 Å². The van der Waals surface area contributed by atoms with Crippen LogP contribution >= 0.6 is 0 Å². The molecule has 0 saturated carbocycles. The van der Waals surface area contributed by atoms with E-state index in [1.165, 1.54) is 11.1 Å². The maximum Gasteiger partial charge on any atom is 0.228 e. The Labute approximate surface area is 206 Å². The standard InChI is InChI=1S/C29H32N4O2/c1-21-9-13-24(14-10-21)30-29(34)23-6-5-17-32(19-23)20-28-31-26-7-3-4-8-27(26)33(28)18-22-11-15-25(35-2)16-12-22/h3-4,7-16,23H,5-6,17-20H2,1-2H3,(H,30,34)/t23-/m0/s1. The summed E-state index contributed by atoms with van der Waals surface area (Å²) < 4.78 is 7.61. The van der Waals surface area contributed by atoms with Crippen LogP contribution < -0.4 is 10.1 Å². The summed E-state index contributed by atoms with van der Waals surface area (Å²) in [6.07, 6.45) is 1.92. The van der Waals surface area contributed by atoms with Gasteiger partial charge in [0.2, 0.25) is 5.91 Å². The molecule has 6 nitrogen and oxygen atoms in total. The minimum atomic E-state index is -0.0236. The fraction of sp³-hybridized carbons (Fsp3) is 0.310. The van der Waals surface area contributed by atoms with Crippen molar-refractivity contribution in [3.05, 3.63) is 89.7 Å². The minimum absolute atomic E-state index is 0.0236. The van der Waals surface area contributed by atoms with Crippen LogP contribution in [-0.2, 0) is 17.9 Å². The number of hydrogen-bond acceptors (Lipinski definition) is 4. The number of likely N-dealkylation sites (tertiary alicyclic amines) is 1. The lowest BCUT2D eigenvalue weighted by Crippen LogP contribution is -2.40. The van der Waals surface area contributed by atoms with E-state index < -0.39 is 0 Å². The van der Waals surface area contributed by atoms with E-state index >= 15 is 0 Å². The third kappa shape index (κ3) is 5.38. The highest BCUT2D eigenvalue weighted by Crippen LogP contribution is 2.24. The molecule has 35 heavy (non-hydrogen) atoms. The second kappa shape index (κ2) is 10.3. The van der Waals surface area contributed by atoms with E-state index in [0.717, 1.165) is 67.3 Å². The number of aromatic nitrogens is 2. The molecule has 1 aliphatic rings. The van der Waals surface area contributed by atoms with Gasteiger partial charge in [-0.05, 0) is 68.3 Å². The summed E-state index contributed by atoms with van der Waals surface area (Å²) in [5.74, 6) is 1.96. The van der Waals surface area contributed by atoms with Gasteiger partial charge in [0.25, 0.3) is 0 Å². The molecule has 1 atom stereocenters. The fourth-order valence-corrected chi connectivity index (χ4v) is 4.83. The maximum absolute atomic E-state index is 13.0. The van der Waals surface area contributed by atoms with Crippen LogP contribution in [0, 0.1) is 12.8 Å². The van der Waals surface area contributed by atoms with Crippen molar-refractivity contribution in [3.8, 4) is 5.75 Å². The van der Waals surface area contributed by atoms with Crippen molar-refractivity contribution in [1.82, 2.24) is 14.5 Å². The second-order valence-corrected chi connectivity index (χ2v) is 9.38. The second-order valence-electron chi connectivity index (χ2n) is 9.38. The number of para-hydroxylation sites is 2. The first-order chi connectivity index (χ1) is 17.1. The monoisotopic (exact) mass is 468 g/mol. The van der Waals surface area contributed by atoms with Crippen molar-refractivity contribution in [3.63, 3.8) is 0 Å². The Morgan fingerprint density at radius 2 is 1.80 bits per heavy atom. The van der Waals surface area contributed by atoms with Crippen LogP contribution in [-0.4, -0.2) is 40.6 Å². The van der Waals surface area contributed by atoms with Gasteiger partial charge in [-0.15, -0.1) is 0 Å². The molecule has 5 rings (SSSR count). The van der Waals surface area contributed by atoms with Gasteiger partial charge in [0, 0.05) is 18.8 Å². The van der Waals surface area contributed by atoms with Gasteiger partial charge in [-0.25, -0.2) is 4.98 Å². The molecule has 1 aliphatic heterocycles. The number of carbonyl (C=O) groups excluding carboxylic acids is 1. The molecule has 1 aromatic heterocycles. The number of ether oxygens (including phenoxy) is 1. The lowest BCUT2D eigenvalue weighted by molar-refractivity contribution is -0.121. The van der Waals surface area contributed by atoms with E-state index in [1.54, 1.807) is 7.11 Å². The predicted octanol–water partition coefficient (Wildman–Crippen LogP) is 5.25. The largest absolute Gasteiger partial charge is 0.497 e. The summed E-state index contributed by atoms with van der Waals surface area (Å²) in [5, 5.41) is 3.10. The summed E-state index contributed by atoms with van der Waals surface area (Å²) in [6.45, 7) is 5.22. The molecule has 4 aromatic rings. The summed E-state index contributed by atoms with van der Waals surface area (Å²) in [4.78, 5) is 20.3. The molecule has 180 valence electrons. The van der Waals surface area contributed by atoms with Crippen molar-refractivity contribution >= 4 is 22.6 Å². The summed E-state index contributed by atoms with van der Waals surface area (Å²) in [5.41, 5.74) is 5.37. The van der Waals surface area contributed by atoms with Crippen LogP contribution in [0.25, 0.3) is 11.0 Å². The van der Waals surface area contributed by atoms with E-state index in [0.29, 0.717) is 0 Å². The lowest BCUT2D eigenvalue weighted by Gasteiger charge is -2.31. The highest BCUT2D eigenvalue weighted by molar-refractivity contribution is 5.92. The number of imidazole rings is 1. The molecular formula is C29H32N4O2. The molecule has 3 aromatic carbocycles. The van der Waals surface area contributed by atoms with Crippen molar-refractivity contribution in [2.24, 2.45) is 5.92 Å². The number of anilines is 1. The van der Waals surface area contributed by atoms with E-state index in [-0.39, 0.29) is 11.8 Å². The first kappa shape index (κ1) is 23.1. The molecule has 1 saturated heterocycles. The van der Waals surface area contributed by atoms with Crippen LogP contribution in [0.15, 0.2) is 72.8 Å². The molecule has 0 bridgehead atoms. The molecule has 2 heterocycles. The summed E-state index contributed by atoms with van der Waals surface area (Å²) in [7, 11) is 1.68. The number of benzene rings is 3. The van der Waals surface area contributed by atoms with E-state index in [2.05, 4.69) is 45.1 Å². The SMILES string of the molecule is COc1ccc(Cn2c(CN3CCC[C@H](C(=O)Nc4ccc(C)cc4)C3)nc3ccccc32)cc1. The van der Waals surface area contributed by atoms with Gasteiger partial charge in [-0.1, -0.05) is 42.0 Å². The predicted molar refractivity (Wildman–Crippen MR) is 140 cm³/mol. The molecule has 0 unspecified atom stereocenters. The molecule has 0 aliphatic carbocycles. The first-order valence-corrected chi connectivity index (χ1v) is 12.3. The number of aryl methyl sites for hydroxylation is 1. The first-order valence-electron chi connectivity index (χ1n) is 12.3. The van der Waals surface area contributed by atoms with Crippen LogP contribution in [0.4, 0.5) is 5.69 Å². The van der Waals surface area contributed by atoms with Crippen molar-refractivity contribution in [2.45, 2.75) is 32.9 Å². The number of rotatable bonds is 7. The van der Waals surface area contributed by atoms with Gasteiger partial charge in [-0.3, -0.25) is 9.69 Å². The molecular weight excluding hydrogens is 436 g/mol. The number of hydrogen-bond donors (Lipinski definition) is 1. The fourth-order valence-electron chi connectivity index (χ4n) is 4.83. The molecule has 1 N–H and O–H groups in total. The summed E-state index contributed by atoms with van der Waals surface area (Å²) in [6, 6.07) is 24.5. The average Bonchev–Trinajstić information content (AvgIpc) is 3.22. The van der Waals surface area contributed by atoms with Gasteiger partial charge >= 0.3 is 0 Å². The van der Waals surface area contributed by atoms with Gasteiger partial charge in [-0.2, -0.15) is 0 Å². The third-order valence-electron chi connectivity index (χ3n) is 6.79. The van der Waals surface area contributed by atoms with Crippen LogP contribution in [0.1, 0.15) is 29.8 Å². The lowest BCUT2D eigenvalue weighted by atomic mass is 9.97. The number of amides is 1. The molecule has 6 heteroatoms. The van der Waals surface area contributed by atoms with Crippen LogP contribution in [0.2, 0.25) is 0 Å². The Balaban J connectivity index is 1.32. The molecule has 0 radical (unpaired) electrons. The normalized spacial score (nSPS) is 16.3. The van der Waals surface area contributed by atoms with Crippen molar-refractivity contribution in [1.29, 1.82) is 0 Å². The highest BCUT2D eigenvalue weighted by Gasteiger charge is 2.27. The molecule has 1 amide bonds. The zero-order valence-electron chi connectivity index (χ0n) is 20.4. The number of nitrogens with one attached hydrogen (secondary N) is 1. The number of fused-ring (bicyclic) bond motifs is 1. The number of methoxy groups -OCH3 is 1. The molecule has 1 fully saturated rings. The zero-order chi connectivity index (χ0) is 24.2. The van der Waals surface area contributed by atoms with E-state index in [1.807, 2.05) is 49.4 Å². The van der Waals surface area contributed by atoms with Crippen molar-refractivity contribution < 1.29 is 9.53 Å². The number of nitrogens with zero attached hydrogens (tertiary/aromatic N) is 3. The van der Waals surface area contributed by atoms with E-state index in [4.69, 9.17) is 9.72 Å². The number of piperidine rings is 1. The molecule has 0 spiro atoms. The average molecular weight is 469 g/mol. The third-order valence-corrected chi connectivity index (χ3v) is 6.79. The summed E-state index contributed by atoms with van der Waals surface area (Å²) >= 11 is 0. The Bertz CT molecular complexity index is 1290. The van der Waals surface area contributed by atoms with Crippen molar-refractivity contribution in [2.75, 3.05) is 25.5 Å². The Kier molecular flexibility index (Phi) is 6.82. The van der Waals surface area contributed by atoms with Gasteiger partial charge in [0.15, 0.2) is 0 Å². The Morgan fingerprint density at radius 3 is 2.57 bits per heavy atom. The Hall–Kier alpha value is -3.64. The zero-order valence-corrected chi connectivity index (χ0v) is 20.4. The van der Waals surface area contributed by atoms with E-state index in [9.17, 15) is 4.79 Å². The van der Waals surface area contributed by atoms with Gasteiger partial charge in [0.05, 0.1) is 30.6 Å². The van der Waals surface area contributed by atoms with Gasteiger partial charge < -0.3 is 14.6 Å². The minimum Gasteiger partial charge on any atom is -0.497 e. The maximum atomic E-state index is 13.0. The Morgan fingerprint density at radius 1 is 1.03 bits per heavy atom. The topological polar surface area (TPSA) is 59.4 Å². The highest BCUT2D eigenvalue weighted by atomic mass is 16.5. The number of carbonyl (C=O) groups is 1. The quantitative estimate of drug-likeness (QED) is 0.402. The van der Waals surface area contributed by atoms with Crippen LogP contribution in [0.3, 0.4) is 0 Å².